The minimum Gasteiger partial charge on any atom is -0.444 e. The van der Waals surface area contributed by atoms with E-state index in [9.17, 15) is 4.79 Å². The van der Waals surface area contributed by atoms with Crippen molar-refractivity contribution in [2.75, 3.05) is 19.6 Å². The van der Waals surface area contributed by atoms with E-state index in [1.807, 2.05) is 32.9 Å². The summed E-state index contributed by atoms with van der Waals surface area (Å²) in [6, 6.07) is 6.11. The van der Waals surface area contributed by atoms with Crippen molar-refractivity contribution in [2.45, 2.75) is 45.8 Å². The molecule has 0 saturated carbocycles. The van der Waals surface area contributed by atoms with E-state index in [1.165, 1.54) is 11.1 Å². The zero-order chi connectivity index (χ0) is 16.2. The lowest BCUT2D eigenvalue weighted by atomic mass is 10.00. The zero-order valence-corrected chi connectivity index (χ0v) is 14.4. The van der Waals surface area contributed by atoms with Gasteiger partial charge in [0.2, 0.25) is 0 Å². The predicted molar refractivity (Wildman–Crippen MR) is 89.3 cm³/mol. The number of ether oxygens (including phenoxy) is 1. The number of fused-ring (bicyclic) bond motifs is 1. The summed E-state index contributed by atoms with van der Waals surface area (Å²) >= 11 is 6.22. The van der Waals surface area contributed by atoms with Crippen LogP contribution in [-0.2, 0) is 17.7 Å². The summed E-state index contributed by atoms with van der Waals surface area (Å²) in [5.41, 5.74) is 2.16. The predicted octanol–water partition coefficient (Wildman–Crippen LogP) is 3.61. The van der Waals surface area contributed by atoms with Crippen LogP contribution in [0.2, 0.25) is 5.02 Å². The molecule has 0 aromatic heterocycles. The molecule has 1 heterocycles. The van der Waals surface area contributed by atoms with Gasteiger partial charge >= 0.3 is 6.09 Å². The minimum absolute atomic E-state index is 0.344. The third-order valence-corrected chi connectivity index (χ3v) is 3.96. The Labute approximate surface area is 137 Å². The topological polar surface area (TPSA) is 41.6 Å². The van der Waals surface area contributed by atoms with E-state index in [0.717, 1.165) is 37.5 Å². The Balaban J connectivity index is 1.70. The molecule has 1 aromatic carbocycles. The fraction of sp³-hybridized carbons (Fsp3) is 0.588. The molecule has 0 spiro atoms. The average Bonchev–Trinajstić information content (AvgIpc) is 2.42. The SMILES string of the molecule is CC(C)(C)OC(=O)NCCCN1CCc2c(Cl)cccc2C1. The minimum atomic E-state index is -0.445. The van der Waals surface area contributed by atoms with Gasteiger partial charge in [0.25, 0.3) is 0 Å². The van der Waals surface area contributed by atoms with Crippen molar-refractivity contribution in [3.05, 3.63) is 34.3 Å². The van der Waals surface area contributed by atoms with E-state index in [1.54, 1.807) is 0 Å². The number of carbonyl (C=O) groups is 1. The quantitative estimate of drug-likeness (QED) is 0.860. The van der Waals surface area contributed by atoms with Crippen molar-refractivity contribution >= 4 is 17.7 Å². The van der Waals surface area contributed by atoms with Gasteiger partial charge in [-0.2, -0.15) is 0 Å². The summed E-state index contributed by atoms with van der Waals surface area (Å²) in [7, 11) is 0. The molecule has 122 valence electrons. The molecule has 4 nitrogen and oxygen atoms in total. The van der Waals surface area contributed by atoms with Crippen molar-refractivity contribution in [3.63, 3.8) is 0 Å². The summed E-state index contributed by atoms with van der Waals surface area (Å²) in [5.74, 6) is 0. The highest BCUT2D eigenvalue weighted by Gasteiger charge is 2.18. The Morgan fingerprint density at radius 3 is 2.91 bits per heavy atom. The number of carbonyl (C=O) groups excluding carboxylic acids is 1. The molecule has 0 bridgehead atoms. The molecule has 0 unspecified atom stereocenters. The van der Waals surface area contributed by atoms with Crippen molar-refractivity contribution in [2.24, 2.45) is 0 Å². The van der Waals surface area contributed by atoms with Crippen LogP contribution in [-0.4, -0.2) is 36.2 Å². The van der Waals surface area contributed by atoms with Crippen LogP contribution in [0.3, 0.4) is 0 Å². The highest BCUT2D eigenvalue weighted by atomic mass is 35.5. The summed E-state index contributed by atoms with van der Waals surface area (Å²) in [4.78, 5) is 13.9. The van der Waals surface area contributed by atoms with Gasteiger partial charge in [-0.1, -0.05) is 23.7 Å². The maximum absolute atomic E-state index is 11.5. The lowest BCUT2D eigenvalue weighted by molar-refractivity contribution is 0.0525. The molecule has 0 saturated heterocycles. The molecule has 1 aliphatic rings. The molecule has 1 amide bonds. The number of alkyl carbamates (subject to hydrolysis) is 1. The average molecular weight is 325 g/mol. The van der Waals surface area contributed by atoms with E-state index in [2.05, 4.69) is 16.3 Å². The Kier molecular flexibility index (Phi) is 5.70. The van der Waals surface area contributed by atoms with Crippen molar-refractivity contribution in [1.82, 2.24) is 10.2 Å². The van der Waals surface area contributed by atoms with Gasteiger partial charge in [0.1, 0.15) is 5.60 Å². The van der Waals surface area contributed by atoms with Gasteiger partial charge in [-0.15, -0.1) is 0 Å². The summed E-state index contributed by atoms with van der Waals surface area (Å²) in [6.07, 6.45) is 1.56. The monoisotopic (exact) mass is 324 g/mol. The molecule has 0 aliphatic carbocycles. The number of hydrogen-bond acceptors (Lipinski definition) is 3. The first-order chi connectivity index (χ1) is 10.3. The Hall–Kier alpha value is -1.26. The molecule has 22 heavy (non-hydrogen) atoms. The first-order valence-corrected chi connectivity index (χ1v) is 8.18. The van der Waals surface area contributed by atoms with Crippen LogP contribution in [0.25, 0.3) is 0 Å². The van der Waals surface area contributed by atoms with E-state index >= 15 is 0 Å². The normalized spacial score (nSPS) is 15.3. The van der Waals surface area contributed by atoms with Crippen molar-refractivity contribution in [1.29, 1.82) is 0 Å². The number of hydrogen-bond donors (Lipinski definition) is 1. The van der Waals surface area contributed by atoms with Gasteiger partial charge in [-0.05, 0) is 50.8 Å². The second kappa shape index (κ2) is 7.34. The van der Waals surface area contributed by atoms with E-state index in [0.29, 0.717) is 6.54 Å². The molecule has 1 aromatic rings. The van der Waals surface area contributed by atoms with E-state index < -0.39 is 5.60 Å². The molecule has 5 heteroatoms. The first kappa shape index (κ1) is 17.1. The highest BCUT2D eigenvalue weighted by Crippen LogP contribution is 2.25. The number of nitrogens with one attached hydrogen (secondary N) is 1. The molecule has 2 rings (SSSR count). The van der Waals surface area contributed by atoms with Gasteiger partial charge in [0.05, 0.1) is 0 Å². The summed E-state index contributed by atoms with van der Waals surface area (Å²) in [5, 5.41) is 3.68. The fourth-order valence-electron chi connectivity index (χ4n) is 2.62. The van der Waals surface area contributed by atoms with Gasteiger partial charge in [0, 0.05) is 31.2 Å². The second-order valence-electron chi connectivity index (χ2n) is 6.69. The van der Waals surface area contributed by atoms with Crippen molar-refractivity contribution < 1.29 is 9.53 Å². The van der Waals surface area contributed by atoms with Crippen LogP contribution in [0.4, 0.5) is 4.79 Å². The fourth-order valence-corrected chi connectivity index (χ4v) is 2.91. The van der Waals surface area contributed by atoms with Crippen LogP contribution in [0.1, 0.15) is 38.3 Å². The number of rotatable bonds is 4. The third kappa shape index (κ3) is 5.18. The van der Waals surface area contributed by atoms with Gasteiger partial charge < -0.3 is 10.1 Å². The molecule has 0 fully saturated rings. The smallest absolute Gasteiger partial charge is 0.407 e. The maximum atomic E-state index is 11.5. The summed E-state index contributed by atoms with van der Waals surface area (Å²) < 4.78 is 5.21. The second-order valence-corrected chi connectivity index (χ2v) is 7.09. The lowest BCUT2D eigenvalue weighted by Crippen LogP contribution is -2.36. The summed E-state index contributed by atoms with van der Waals surface area (Å²) in [6.45, 7) is 9.13. The van der Waals surface area contributed by atoms with Crippen LogP contribution in [0, 0.1) is 0 Å². The number of benzene rings is 1. The van der Waals surface area contributed by atoms with Crippen LogP contribution >= 0.6 is 11.6 Å². The molecule has 1 N–H and O–H groups in total. The molecule has 0 radical (unpaired) electrons. The lowest BCUT2D eigenvalue weighted by Gasteiger charge is -2.29. The Morgan fingerprint density at radius 1 is 1.41 bits per heavy atom. The zero-order valence-electron chi connectivity index (χ0n) is 13.6. The van der Waals surface area contributed by atoms with Gasteiger partial charge in [-0.3, -0.25) is 4.90 Å². The number of nitrogens with zero attached hydrogens (tertiary/aromatic N) is 1. The number of amides is 1. The highest BCUT2D eigenvalue weighted by molar-refractivity contribution is 6.31. The van der Waals surface area contributed by atoms with Gasteiger partial charge in [0.15, 0.2) is 0 Å². The Morgan fingerprint density at radius 2 is 2.18 bits per heavy atom. The van der Waals surface area contributed by atoms with Crippen LogP contribution in [0.5, 0.6) is 0 Å². The maximum Gasteiger partial charge on any atom is 0.407 e. The van der Waals surface area contributed by atoms with E-state index in [4.69, 9.17) is 16.3 Å². The molecule has 0 atom stereocenters. The largest absolute Gasteiger partial charge is 0.444 e. The van der Waals surface area contributed by atoms with Crippen LogP contribution < -0.4 is 5.32 Å². The standard InChI is InChI=1S/C17H25ClN2O2/c1-17(2,3)22-16(21)19-9-5-10-20-11-8-14-13(12-20)6-4-7-15(14)18/h4,6-7H,5,8-12H2,1-3H3,(H,19,21). The third-order valence-electron chi connectivity index (χ3n) is 3.61. The Bertz CT molecular complexity index is 526. The first-order valence-electron chi connectivity index (χ1n) is 7.80. The van der Waals surface area contributed by atoms with Crippen molar-refractivity contribution in [3.8, 4) is 0 Å². The van der Waals surface area contributed by atoms with Crippen LogP contribution in [0.15, 0.2) is 18.2 Å². The van der Waals surface area contributed by atoms with Gasteiger partial charge in [-0.25, -0.2) is 4.79 Å². The molecule has 1 aliphatic heterocycles. The van der Waals surface area contributed by atoms with E-state index in [-0.39, 0.29) is 6.09 Å². The molecular formula is C17H25ClN2O2. The molecular weight excluding hydrogens is 300 g/mol. The number of halogens is 1.